The molecule has 6 nitrogen and oxygen atoms in total. The lowest BCUT2D eigenvalue weighted by Crippen LogP contribution is -2.28. The van der Waals surface area contributed by atoms with Crippen LogP contribution in [0, 0.1) is 13.8 Å². The maximum Gasteiger partial charge on any atom is 0.268 e. The molecule has 0 bridgehead atoms. The van der Waals surface area contributed by atoms with Gasteiger partial charge in [0.1, 0.15) is 10.5 Å². The summed E-state index contributed by atoms with van der Waals surface area (Å²) >= 11 is 1.36. The van der Waals surface area contributed by atoms with Gasteiger partial charge in [0.2, 0.25) is 0 Å². The van der Waals surface area contributed by atoms with Crippen LogP contribution in [0.15, 0.2) is 52.6 Å². The van der Waals surface area contributed by atoms with Crippen LogP contribution in [0.2, 0.25) is 0 Å². The van der Waals surface area contributed by atoms with Gasteiger partial charge in [0.25, 0.3) is 11.5 Å². The molecular weight excluding hydrogens is 372 g/mol. The van der Waals surface area contributed by atoms with Crippen molar-refractivity contribution in [2.75, 3.05) is 7.05 Å². The molecule has 7 heteroatoms. The third-order valence-corrected chi connectivity index (χ3v) is 5.64. The molecule has 0 fully saturated rings. The molecule has 1 aromatic carbocycles. The van der Waals surface area contributed by atoms with Crippen LogP contribution in [0.3, 0.4) is 0 Å². The van der Waals surface area contributed by atoms with Crippen LogP contribution in [0.5, 0.6) is 0 Å². The van der Waals surface area contributed by atoms with E-state index in [-0.39, 0.29) is 18.0 Å². The van der Waals surface area contributed by atoms with Gasteiger partial charge in [-0.15, -0.1) is 11.3 Å². The van der Waals surface area contributed by atoms with E-state index in [4.69, 9.17) is 0 Å². The monoisotopic (exact) mass is 392 g/mol. The Kier molecular flexibility index (Phi) is 4.60. The molecule has 0 unspecified atom stereocenters. The van der Waals surface area contributed by atoms with E-state index in [9.17, 15) is 9.59 Å². The van der Waals surface area contributed by atoms with Crippen molar-refractivity contribution in [2.45, 2.75) is 20.4 Å². The zero-order valence-electron chi connectivity index (χ0n) is 15.9. The predicted octanol–water partition coefficient (Wildman–Crippen LogP) is 3.66. The van der Waals surface area contributed by atoms with E-state index in [1.54, 1.807) is 11.9 Å². The van der Waals surface area contributed by atoms with Crippen LogP contribution < -0.4 is 5.56 Å². The Balaban J connectivity index is 1.54. The molecule has 4 aromatic rings. The maximum absolute atomic E-state index is 12.8. The number of aromatic nitrogens is 3. The number of aromatic amines is 1. The molecule has 1 amide bonds. The number of benzene rings is 1. The number of H-pyrrole nitrogens is 1. The zero-order chi connectivity index (χ0) is 19.8. The van der Waals surface area contributed by atoms with E-state index in [0.29, 0.717) is 21.6 Å². The number of rotatable bonds is 4. The SMILES string of the molecule is Cc1ccc(C)n1-c1ccc(C(=O)N(C)Cc2nc3ccsc3c(=O)[nH]2)cc1. The van der Waals surface area contributed by atoms with Crippen LogP contribution in [-0.4, -0.2) is 32.4 Å². The summed E-state index contributed by atoms with van der Waals surface area (Å²) in [7, 11) is 1.70. The number of carbonyl (C=O) groups excluding carboxylic acids is 1. The first-order valence-corrected chi connectivity index (χ1v) is 9.79. The van der Waals surface area contributed by atoms with Crippen molar-refractivity contribution in [3.05, 3.63) is 81.0 Å². The molecule has 0 aliphatic rings. The lowest BCUT2D eigenvalue weighted by molar-refractivity contribution is 0.0781. The van der Waals surface area contributed by atoms with Gasteiger partial charge in [-0.3, -0.25) is 9.59 Å². The standard InChI is InChI=1S/C21H20N4O2S/c1-13-4-5-14(2)25(13)16-8-6-15(7-9-16)21(27)24(3)12-18-22-17-10-11-28-19(17)20(26)23-18/h4-11H,12H2,1-3H3,(H,22,23,26). The number of thiophene rings is 1. The number of amides is 1. The molecule has 0 saturated carbocycles. The average molecular weight is 392 g/mol. The molecule has 4 rings (SSSR count). The molecule has 0 saturated heterocycles. The van der Waals surface area contributed by atoms with Gasteiger partial charge < -0.3 is 14.5 Å². The summed E-state index contributed by atoms with van der Waals surface area (Å²) in [5.74, 6) is 0.350. The second kappa shape index (κ2) is 7.09. The van der Waals surface area contributed by atoms with Crippen LogP contribution in [0.25, 0.3) is 15.9 Å². The van der Waals surface area contributed by atoms with Crippen molar-refractivity contribution in [2.24, 2.45) is 0 Å². The minimum atomic E-state index is -0.169. The zero-order valence-corrected chi connectivity index (χ0v) is 16.7. The van der Waals surface area contributed by atoms with Crippen LogP contribution in [0.4, 0.5) is 0 Å². The predicted molar refractivity (Wildman–Crippen MR) is 111 cm³/mol. The number of aryl methyl sites for hydroxylation is 2. The molecule has 28 heavy (non-hydrogen) atoms. The van der Waals surface area contributed by atoms with Crippen molar-refractivity contribution in [1.29, 1.82) is 0 Å². The van der Waals surface area contributed by atoms with Gasteiger partial charge in [-0.05, 0) is 61.7 Å². The summed E-state index contributed by atoms with van der Waals surface area (Å²) in [6, 6.07) is 13.5. The molecule has 0 aliphatic carbocycles. The quantitative estimate of drug-likeness (QED) is 0.576. The lowest BCUT2D eigenvalue weighted by atomic mass is 10.1. The van der Waals surface area contributed by atoms with Crippen LogP contribution in [-0.2, 0) is 6.54 Å². The largest absolute Gasteiger partial charge is 0.334 e. The summed E-state index contributed by atoms with van der Waals surface area (Å²) in [5.41, 5.74) is 4.39. The third kappa shape index (κ3) is 3.25. The summed E-state index contributed by atoms with van der Waals surface area (Å²) < 4.78 is 2.74. The van der Waals surface area contributed by atoms with Crippen LogP contribution in [0.1, 0.15) is 27.6 Å². The highest BCUT2D eigenvalue weighted by Gasteiger charge is 2.15. The number of carbonyl (C=O) groups is 1. The fourth-order valence-electron chi connectivity index (χ4n) is 3.34. The van der Waals surface area contributed by atoms with Crippen molar-refractivity contribution in [3.63, 3.8) is 0 Å². The molecule has 3 heterocycles. The highest BCUT2D eigenvalue weighted by molar-refractivity contribution is 7.17. The van der Waals surface area contributed by atoms with E-state index in [0.717, 1.165) is 17.1 Å². The third-order valence-electron chi connectivity index (χ3n) is 4.74. The highest BCUT2D eigenvalue weighted by Crippen LogP contribution is 2.18. The molecule has 0 spiro atoms. The van der Waals surface area contributed by atoms with Gasteiger partial charge in [0.15, 0.2) is 0 Å². The molecular formula is C21H20N4O2S. The Bertz CT molecular complexity index is 1200. The Labute approximate surface area is 166 Å². The average Bonchev–Trinajstić information content (AvgIpc) is 3.28. The van der Waals surface area contributed by atoms with Crippen molar-refractivity contribution in [3.8, 4) is 5.69 Å². The summed E-state index contributed by atoms with van der Waals surface area (Å²) in [4.78, 5) is 33.6. The highest BCUT2D eigenvalue weighted by atomic mass is 32.1. The van der Waals surface area contributed by atoms with E-state index < -0.39 is 0 Å². The number of hydrogen-bond acceptors (Lipinski definition) is 4. The molecule has 3 aromatic heterocycles. The number of nitrogens with one attached hydrogen (secondary N) is 1. The summed E-state index contributed by atoms with van der Waals surface area (Å²) in [6.07, 6.45) is 0. The minimum absolute atomic E-state index is 0.124. The molecule has 0 radical (unpaired) electrons. The number of fused-ring (bicyclic) bond motifs is 1. The van der Waals surface area contributed by atoms with Gasteiger partial charge in [-0.1, -0.05) is 0 Å². The first-order chi connectivity index (χ1) is 13.4. The molecule has 0 aliphatic heterocycles. The van der Waals surface area contributed by atoms with Gasteiger partial charge >= 0.3 is 0 Å². The van der Waals surface area contributed by atoms with Gasteiger partial charge in [0.05, 0.1) is 12.1 Å². The van der Waals surface area contributed by atoms with Crippen molar-refractivity contribution < 1.29 is 4.79 Å². The first kappa shape index (κ1) is 18.2. The number of hydrogen-bond donors (Lipinski definition) is 1. The maximum atomic E-state index is 12.8. The molecule has 142 valence electrons. The van der Waals surface area contributed by atoms with Crippen LogP contribution >= 0.6 is 11.3 Å². The van der Waals surface area contributed by atoms with E-state index in [2.05, 4.69) is 40.5 Å². The van der Waals surface area contributed by atoms with Crippen molar-refractivity contribution >= 4 is 27.5 Å². The topological polar surface area (TPSA) is 71.0 Å². The second-order valence-corrected chi connectivity index (χ2v) is 7.72. The van der Waals surface area contributed by atoms with Gasteiger partial charge in [0, 0.05) is 29.7 Å². The lowest BCUT2D eigenvalue weighted by Gasteiger charge is -2.17. The smallest absolute Gasteiger partial charge is 0.268 e. The van der Waals surface area contributed by atoms with Gasteiger partial charge in [-0.25, -0.2) is 4.98 Å². The number of nitrogens with zero attached hydrogens (tertiary/aromatic N) is 3. The first-order valence-electron chi connectivity index (χ1n) is 8.91. The fourth-order valence-corrected chi connectivity index (χ4v) is 4.07. The van der Waals surface area contributed by atoms with E-state index in [1.807, 2.05) is 35.7 Å². The summed E-state index contributed by atoms with van der Waals surface area (Å²) in [6.45, 7) is 4.34. The second-order valence-electron chi connectivity index (χ2n) is 6.81. The Morgan fingerprint density at radius 1 is 1.11 bits per heavy atom. The van der Waals surface area contributed by atoms with E-state index in [1.165, 1.54) is 11.3 Å². The summed E-state index contributed by atoms with van der Waals surface area (Å²) in [5, 5.41) is 1.83. The minimum Gasteiger partial charge on any atom is -0.334 e. The van der Waals surface area contributed by atoms with Crippen molar-refractivity contribution in [1.82, 2.24) is 19.4 Å². The Morgan fingerprint density at radius 3 is 2.46 bits per heavy atom. The Morgan fingerprint density at radius 2 is 1.79 bits per heavy atom. The molecule has 1 N–H and O–H groups in total. The normalized spacial score (nSPS) is 11.1. The van der Waals surface area contributed by atoms with Gasteiger partial charge in [-0.2, -0.15) is 0 Å². The van der Waals surface area contributed by atoms with E-state index >= 15 is 0 Å². The Hall–Kier alpha value is -3.19. The molecule has 0 atom stereocenters. The fraction of sp³-hybridized carbons (Fsp3) is 0.190.